The summed E-state index contributed by atoms with van der Waals surface area (Å²) in [6.45, 7) is 8.20. The number of ether oxygens (including phenoxy) is 1. The molecule has 2 unspecified atom stereocenters. The van der Waals surface area contributed by atoms with E-state index in [0.29, 0.717) is 32.2 Å². The Kier molecular flexibility index (Phi) is 6.50. The van der Waals surface area contributed by atoms with E-state index in [1.54, 1.807) is 4.90 Å². The van der Waals surface area contributed by atoms with Crippen molar-refractivity contribution in [3.63, 3.8) is 0 Å². The fourth-order valence-corrected chi connectivity index (χ4v) is 6.23. The molecule has 2 bridgehead atoms. The number of rotatable bonds is 8. The Balaban J connectivity index is 1.67. The number of carbonyl (C=O) groups is 3. The van der Waals surface area contributed by atoms with Crippen molar-refractivity contribution in [3.05, 3.63) is 35.9 Å². The first-order chi connectivity index (χ1) is 16.1. The summed E-state index contributed by atoms with van der Waals surface area (Å²) >= 11 is 0. The van der Waals surface area contributed by atoms with Gasteiger partial charge in [-0.05, 0) is 52.0 Å². The van der Waals surface area contributed by atoms with E-state index in [0.717, 1.165) is 5.56 Å². The van der Waals surface area contributed by atoms with Gasteiger partial charge in [0.2, 0.25) is 17.7 Å². The molecule has 34 heavy (non-hydrogen) atoms. The summed E-state index contributed by atoms with van der Waals surface area (Å²) in [4.78, 5) is 42.5. The smallest absolute Gasteiger partial charge is 0.246 e. The summed E-state index contributed by atoms with van der Waals surface area (Å²) < 4.78 is 6.69. The second-order valence-corrected chi connectivity index (χ2v) is 10.9. The lowest BCUT2D eigenvalue weighted by molar-refractivity contribution is -0.148. The number of likely N-dealkylation sites (tertiary alicyclic amines) is 1. The van der Waals surface area contributed by atoms with Crippen LogP contribution in [0.5, 0.6) is 0 Å². The van der Waals surface area contributed by atoms with Gasteiger partial charge < -0.3 is 25.4 Å². The Morgan fingerprint density at radius 3 is 2.50 bits per heavy atom. The number of benzene rings is 1. The van der Waals surface area contributed by atoms with Crippen molar-refractivity contribution in [2.24, 2.45) is 11.8 Å². The molecule has 1 spiro atoms. The summed E-state index contributed by atoms with van der Waals surface area (Å²) in [7, 11) is 0. The third kappa shape index (κ3) is 4.01. The molecular formula is C26H37N3O5. The summed E-state index contributed by atoms with van der Waals surface area (Å²) in [5, 5.41) is 15.5. The number of aliphatic hydroxyl groups is 1. The molecule has 0 aliphatic carbocycles. The van der Waals surface area contributed by atoms with Crippen LogP contribution in [0.15, 0.2) is 30.3 Å². The Morgan fingerprint density at radius 1 is 1.18 bits per heavy atom. The summed E-state index contributed by atoms with van der Waals surface area (Å²) in [6.07, 6.45) is 2.13. The molecule has 0 saturated carbocycles. The molecule has 3 amide bonds. The van der Waals surface area contributed by atoms with Crippen molar-refractivity contribution in [1.82, 2.24) is 15.5 Å². The van der Waals surface area contributed by atoms with Crippen molar-refractivity contribution in [2.75, 3.05) is 13.2 Å². The monoisotopic (exact) mass is 471 g/mol. The zero-order chi connectivity index (χ0) is 24.7. The lowest BCUT2D eigenvalue weighted by Crippen LogP contribution is -2.58. The van der Waals surface area contributed by atoms with Gasteiger partial charge in [0.15, 0.2) is 0 Å². The van der Waals surface area contributed by atoms with E-state index in [4.69, 9.17) is 4.74 Å². The average Bonchev–Trinajstić information content (AvgIpc) is 3.39. The predicted molar refractivity (Wildman–Crippen MR) is 126 cm³/mol. The van der Waals surface area contributed by atoms with Crippen molar-refractivity contribution in [1.29, 1.82) is 0 Å². The van der Waals surface area contributed by atoms with Gasteiger partial charge in [-0.15, -0.1) is 0 Å². The minimum atomic E-state index is -1.04. The van der Waals surface area contributed by atoms with Gasteiger partial charge in [-0.2, -0.15) is 0 Å². The molecule has 3 fully saturated rings. The van der Waals surface area contributed by atoms with Crippen LogP contribution in [0.4, 0.5) is 0 Å². The predicted octanol–water partition coefficient (Wildman–Crippen LogP) is 1.75. The van der Waals surface area contributed by atoms with Crippen LogP contribution in [-0.4, -0.2) is 63.7 Å². The molecule has 186 valence electrons. The Morgan fingerprint density at radius 2 is 1.88 bits per heavy atom. The fourth-order valence-electron chi connectivity index (χ4n) is 6.23. The molecule has 8 nitrogen and oxygen atoms in total. The maximum absolute atomic E-state index is 13.8. The van der Waals surface area contributed by atoms with Crippen LogP contribution >= 0.6 is 0 Å². The number of carbonyl (C=O) groups excluding carboxylic acids is 3. The highest BCUT2D eigenvalue weighted by Crippen LogP contribution is 2.64. The summed E-state index contributed by atoms with van der Waals surface area (Å²) in [5.74, 6) is -2.07. The first kappa shape index (κ1) is 24.7. The second kappa shape index (κ2) is 8.96. The Hall–Kier alpha value is -2.45. The van der Waals surface area contributed by atoms with E-state index in [9.17, 15) is 19.5 Å². The van der Waals surface area contributed by atoms with E-state index >= 15 is 0 Å². The topological polar surface area (TPSA) is 108 Å². The number of amides is 3. The van der Waals surface area contributed by atoms with Crippen molar-refractivity contribution in [3.8, 4) is 0 Å². The van der Waals surface area contributed by atoms with E-state index < -0.39 is 34.6 Å². The number of fused-ring (bicyclic) bond motifs is 1. The van der Waals surface area contributed by atoms with Gasteiger partial charge in [-0.3, -0.25) is 14.4 Å². The molecule has 1 aromatic carbocycles. The maximum atomic E-state index is 13.8. The molecule has 5 atom stereocenters. The van der Waals surface area contributed by atoms with Crippen LogP contribution in [0.2, 0.25) is 0 Å². The Bertz CT molecular complexity index is 946. The minimum absolute atomic E-state index is 0.0875. The van der Waals surface area contributed by atoms with Crippen LogP contribution < -0.4 is 10.6 Å². The van der Waals surface area contributed by atoms with Crippen molar-refractivity contribution >= 4 is 17.7 Å². The highest BCUT2D eigenvalue weighted by atomic mass is 16.5. The quantitative estimate of drug-likeness (QED) is 0.536. The molecular weight excluding hydrogens is 434 g/mol. The van der Waals surface area contributed by atoms with Gasteiger partial charge in [0, 0.05) is 25.2 Å². The molecule has 3 aliphatic heterocycles. The van der Waals surface area contributed by atoms with Gasteiger partial charge in [0.05, 0.1) is 17.4 Å². The van der Waals surface area contributed by atoms with Crippen molar-refractivity contribution in [2.45, 2.75) is 82.7 Å². The largest absolute Gasteiger partial charge is 0.396 e. The van der Waals surface area contributed by atoms with Crippen LogP contribution in [0.1, 0.15) is 58.9 Å². The van der Waals surface area contributed by atoms with Crippen LogP contribution in [0, 0.1) is 11.8 Å². The first-order valence-electron chi connectivity index (χ1n) is 12.3. The number of hydrogen-bond acceptors (Lipinski definition) is 5. The van der Waals surface area contributed by atoms with Crippen LogP contribution in [0.25, 0.3) is 0 Å². The number of nitrogens with zero attached hydrogens (tertiary/aromatic N) is 1. The molecule has 4 rings (SSSR count). The van der Waals surface area contributed by atoms with Gasteiger partial charge in [0.1, 0.15) is 11.6 Å². The van der Waals surface area contributed by atoms with Crippen LogP contribution in [-0.2, 0) is 25.7 Å². The number of nitrogens with one attached hydrogen (secondary N) is 2. The van der Waals surface area contributed by atoms with Gasteiger partial charge in [-0.1, -0.05) is 37.3 Å². The first-order valence-corrected chi connectivity index (χ1v) is 12.3. The second-order valence-electron chi connectivity index (χ2n) is 10.9. The zero-order valence-electron chi connectivity index (χ0n) is 20.6. The average molecular weight is 472 g/mol. The van der Waals surface area contributed by atoms with Gasteiger partial charge in [0.25, 0.3) is 0 Å². The summed E-state index contributed by atoms with van der Waals surface area (Å²) in [5.41, 5.74) is -1.30. The number of aliphatic hydroxyl groups excluding tert-OH is 1. The van der Waals surface area contributed by atoms with Gasteiger partial charge in [-0.25, -0.2) is 0 Å². The minimum Gasteiger partial charge on any atom is -0.396 e. The number of hydrogen-bond donors (Lipinski definition) is 3. The summed E-state index contributed by atoms with van der Waals surface area (Å²) in [6, 6.07) is 8.82. The fraction of sp³-hybridized carbons (Fsp3) is 0.654. The molecule has 8 heteroatoms. The van der Waals surface area contributed by atoms with Crippen LogP contribution in [0.3, 0.4) is 0 Å². The normalized spacial score (nSPS) is 32.1. The molecule has 3 heterocycles. The Labute approximate surface area is 201 Å². The highest BCUT2D eigenvalue weighted by molar-refractivity contribution is 5.99. The SMILES string of the molecule is CC[C@@]12CCC3(O1)C(C(=O)NC(C)(C)C)N(CCCO)C(=O)[C@@H]3[C@@H]2C(=O)NCc1ccccc1. The standard InChI is InChI=1S/C26H37N3O5/c1-5-25-12-13-26(34-25)19(18(25)21(31)27-16-17-10-7-6-8-11-17)23(33)29(14-9-15-30)20(26)22(32)28-24(2,3)4/h6-8,10-11,18-20,30H,5,9,12-16H2,1-4H3,(H,27,31)(H,28,32)/t18-,19+,20?,25+,26?/m1/s1. The third-order valence-corrected chi connectivity index (χ3v) is 7.58. The maximum Gasteiger partial charge on any atom is 0.246 e. The highest BCUT2D eigenvalue weighted by Gasteiger charge is 2.78. The lowest BCUT2D eigenvalue weighted by atomic mass is 9.65. The lowest BCUT2D eigenvalue weighted by Gasteiger charge is -2.35. The molecule has 0 aromatic heterocycles. The molecule has 1 aromatic rings. The molecule has 3 aliphatic rings. The van der Waals surface area contributed by atoms with Crippen molar-refractivity contribution < 1.29 is 24.2 Å². The molecule has 0 radical (unpaired) electrons. The van der Waals surface area contributed by atoms with E-state index in [1.165, 1.54) is 0 Å². The van der Waals surface area contributed by atoms with E-state index in [2.05, 4.69) is 10.6 Å². The molecule has 3 saturated heterocycles. The zero-order valence-corrected chi connectivity index (χ0v) is 20.6. The third-order valence-electron chi connectivity index (χ3n) is 7.58. The van der Waals surface area contributed by atoms with Gasteiger partial charge >= 0.3 is 0 Å². The molecule has 3 N–H and O–H groups in total. The van der Waals surface area contributed by atoms with E-state index in [1.807, 2.05) is 58.0 Å². The van der Waals surface area contributed by atoms with E-state index in [-0.39, 0.29) is 30.9 Å².